The van der Waals surface area contributed by atoms with Crippen LogP contribution in [0.3, 0.4) is 0 Å². The second kappa shape index (κ2) is 8.86. The van der Waals surface area contributed by atoms with Crippen LogP contribution in [0.5, 0.6) is 5.75 Å². The fraction of sp³-hybridized carbons (Fsp3) is 0.320. The summed E-state index contributed by atoms with van der Waals surface area (Å²) in [4.78, 5) is 16.7. The summed E-state index contributed by atoms with van der Waals surface area (Å²) in [7, 11) is 0. The highest BCUT2D eigenvalue weighted by molar-refractivity contribution is 5.82. The molecule has 0 aliphatic carbocycles. The first-order chi connectivity index (χ1) is 15.4. The lowest BCUT2D eigenvalue weighted by Gasteiger charge is -2.23. The van der Waals surface area contributed by atoms with Crippen LogP contribution in [-0.2, 0) is 22.4 Å². The minimum Gasteiger partial charge on any atom is -0.476 e. The van der Waals surface area contributed by atoms with Crippen LogP contribution in [0.2, 0.25) is 0 Å². The molecule has 166 valence electrons. The Morgan fingerprint density at radius 1 is 1.06 bits per heavy atom. The van der Waals surface area contributed by atoms with Gasteiger partial charge in [-0.1, -0.05) is 23.4 Å². The number of rotatable bonds is 8. The Morgan fingerprint density at radius 2 is 1.81 bits per heavy atom. The SMILES string of the molecule is CCOC(=O)C(C)(C)Oc1ccc2c(CCc3nc(-c4ccccc4)oc3C)noc2c1. The number of nitrogens with zero attached hydrogens (tertiary/aromatic N) is 2. The van der Waals surface area contributed by atoms with Crippen molar-refractivity contribution in [3.05, 3.63) is 65.7 Å². The Hall–Kier alpha value is -3.61. The molecule has 7 heteroatoms. The van der Waals surface area contributed by atoms with Crippen molar-refractivity contribution < 1.29 is 23.2 Å². The third-order valence-electron chi connectivity index (χ3n) is 5.17. The molecule has 0 amide bonds. The standard InChI is InChI=1S/C25H26N2O5/c1-5-29-24(28)25(3,4)31-18-11-12-19-21(27-32-22(19)15-18)14-13-20-16(2)30-23(26-20)17-9-7-6-8-10-17/h6-12,15H,5,13-14H2,1-4H3. The highest BCUT2D eigenvalue weighted by Gasteiger charge is 2.31. The number of carbonyl (C=O) groups excluding carboxylic acids is 1. The summed E-state index contributed by atoms with van der Waals surface area (Å²) in [5, 5.41) is 5.13. The number of hydrogen-bond acceptors (Lipinski definition) is 7. The number of benzene rings is 2. The number of esters is 1. The number of carbonyl (C=O) groups is 1. The van der Waals surface area contributed by atoms with Crippen LogP contribution >= 0.6 is 0 Å². The summed E-state index contributed by atoms with van der Waals surface area (Å²) < 4.78 is 22.3. The molecule has 7 nitrogen and oxygen atoms in total. The van der Waals surface area contributed by atoms with E-state index < -0.39 is 11.6 Å². The number of ether oxygens (including phenoxy) is 2. The van der Waals surface area contributed by atoms with Crippen molar-refractivity contribution >= 4 is 16.9 Å². The second-order valence-corrected chi connectivity index (χ2v) is 8.01. The molecule has 2 heterocycles. The molecule has 0 radical (unpaired) electrons. The summed E-state index contributed by atoms with van der Waals surface area (Å²) in [5.41, 5.74) is 2.18. The van der Waals surface area contributed by atoms with E-state index in [4.69, 9.17) is 18.4 Å². The zero-order valence-corrected chi connectivity index (χ0v) is 18.7. The quantitative estimate of drug-likeness (QED) is 0.348. The molecule has 4 aromatic rings. The van der Waals surface area contributed by atoms with Crippen molar-refractivity contribution in [3.8, 4) is 17.2 Å². The number of aromatic nitrogens is 2. The Bertz CT molecular complexity index is 1220. The fourth-order valence-electron chi connectivity index (χ4n) is 3.46. The van der Waals surface area contributed by atoms with E-state index in [0.29, 0.717) is 36.7 Å². The molecule has 0 saturated heterocycles. The molecule has 0 saturated carbocycles. The van der Waals surface area contributed by atoms with Gasteiger partial charge in [0.05, 0.1) is 18.0 Å². The van der Waals surface area contributed by atoms with E-state index in [-0.39, 0.29) is 0 Å². The number of hydrogen-bond donors (Lipinski definition) is 0. The van der Waals surface area contributed by atoms with Gasteiger partial charge in [-0.05, 0) is 64.8 Å². The largest absolute Gasteiger partial charge is 0.476 e. The topological polar surface area (TPSA) is 87.6 Å². The fourth-order valence-corrected chi connectivity index (χ4v) is 3.46. The van der Waals surface area contributed by atoms with Crippen molar-refractivity contribution in [2.24, 2.45) is 0 Å². The van der Waals surface area contributed by atoms with Crippen LogP contribution in [0.15, 0.2) is 57.5 Å². The lowest BCUT2D eigenvalue weighted by Crippen LogP contribution is -2.39. The van der Waals surface area contributed by atoms with Crippen LogP contribution in [0, 0.1) is 6.92 Å². The van der Waals surface area contributed by atoms with E-state index in [2.05, 4.69) is 10.1 Å². The average Bonchev–Trinajstić information content (AvgIpc) is 3.35. The predicted molar refractivity (Wildman–Crippen MR) is 119 cm³/mol. The second-order valence-electron chi connectivity index (χ2n) is 8.01. The average molecular weight is 434 g/mol. The highest BCUT2D eigenvalue weighted by Crippen LogP contribution is 2.28. The summed E-state index contributed by atoms with van der Waals surface area (Å²) in [6.07, 6.45) is 1.33. The minimum absolute atomic E-state index is 0.300. The predicted octanol–water partition coefficient (Wildman–Crippen LogP) is 5.30. The zero-order chi connectivity index (χ0) is 22.7. The Kier molecular flexibility index (Phi) is 5.99. The molecule has 32 heavy (non-hydrogen) atoms. The van der Waals surface area contributed by atoms with Crippen molar-refractivity contribution in [2.75, 3.05) is 6.61 Å². The Morgan fingerprint density at radius 3 is 2.56 bits per heavy atom. The van der Waals surface area contributed by atoms with Crippen LogP contribution in [-0.4, -0.2) is 28.3 Å². The Balaban J connectivity index is 1.47. The van der Waals surface area contributed by atoms with Gasteiger partial charge in [-0.25, -0.2) is 9.78 Å². The van der Waals surface area contributed by atoms with E-state index in [1.807, 2.05) is 43.3 Å². The van der Waals surface area contributed by atoms with Gasteiger partial charge in [-0.3, -0.25) is 0 Å². The first-order valence-electron chi connectivity index (χ1n) is 10.6. The highest BCUT2D eigenvalue weighted by atomic mass is 16.6. The monoisotopic (exact) mass is 434 g/mol. The summed E-state index contributed by atoms with van der Waals surface area (Å²) in [5.74, 6) is 1.51. The molecule has 0 bridgehead atoms. The molecule has 0 fully saturated rings. The smallest absolute Gasteiger partial charge is 0.349 e. The third-order valence-corrected chi connectivity index (χ3v) is 5.17. The number of oxazole rings is 1. The summed E-state index contributed by atoms with van der Waals surface area (Å²) in [6, 6.07) is 15.3. The van der Waals surface area contributed by atoms with Crippen LogP contribution < -0.4 is 4.74 Å². The van der Waals surface area contributed by atoms with Crippen molar-refractivity contribution in [1.82, 2.24) is 10.1 Å². The Labute approximate surface area is 186 Å². The molecule has 0 spiro atoms. The molecule has 0 N–H and O–H groups in total. The molecular weight excluding hydrogens is 408 g/mol. The van der Waals surface area contributed by atoms with E-state index in [1.165, 1.54) is 0 Å². The summed E-state index contributed by atoms with van der Waals surface area (Å²) >= 11 is 0. The van der Waals surface area contributed by atoms with Gasteiger partial charge >= 0.3 is 5.97 Å². The van der Waals surface area contributed by atoms with Gasteiger partial charge < -0.3 is 18.4 Å². The number of aryl methyl sites for hydroxylation is 3. The molecular formula is C25H26N2O5. The molecule has 0 aliphatic rings. The van der Waals surface area contributed by atoms with Crippen LogP contribution in [0.1, 0.15) is 37.9 Å². The van der Waals surface area contributed by atoms with Gasteiger partial charge in [0.2, 0.25) is 5.89 Å². The lowest BCUT2D eigenvalue weighted by atomic mass is 10.1. The van der Waals surface area contributed by atoms with E-state index in [9.17, 15) is 4.79 Å². The van der Waals surface area contributed by atoms with Gasteiger partial charge in [0.1, 0.15) is 11.5 Å². The molecule has 0 atom stereocenters. The maximum atomic E-state index is 12.1. The first-order valence-corrected chi connectivity index (χ1v) is 10.6. The van der Waals surface area contributed by atoms with Gasteiger partial charge in [0.15, 0.2) is 11.2 Å². The normalized spacial score (nSPS) is 11.6. The van der Waals surface area contributed by atoms with Gasteiger partial charge in [-0.2, -0.15) is 0 Å². The van der Waals surface area contributed by atoms with Crippen molar-refractivity contribution in [1.29, 1.82) is 0 Å². The molecule has 2 aromatic heterocycles. The number of fused-ring (bicyclic) bond motifs is 1. The maximum Gasteiger partial charge on any atom is 0.349 e. The molecule has 0 unspecified atom stereocenters. The van der Waals surface area contributed by atoms with Gasteiger partial charge in [0, 0.05) is 17.0 Å². The van der Waals surface area contributed by atoms with Crippen molar-refractivity contribution in [3.63, 3.8) is 0 Å². The minimum atomic E-state index is -1.10. The van der Waals surface area contributed by atoms with Crippen molar-refractivity contribution in [2.45, 2.75) is 46.1 Å². The summed E-state index contributed by atoms with van der Waals surface area (Å²) in [6.45, 7) is 7.33. The van der Waals surface area contributed by atoms with E-state index in [0.717, 1.165) is 28.1 Å². The first kappa shape index (κ1) is 21.6. The maximum absolute atomic E-state index is 12.1. The molecule has 0 aliphatic heterocycles. The van der Waals surface area contributed by atoms with Crippen LogP contribution in [0.4, 0.5) is 0 Å². The molecule has 4 rings (SSSR count). The third kappa shape index (κ3) is 4.51. The van der Waals surface area contributed by atoms with E-state index in [1.54, 1.807) is 32.9 Å². The van der Waals surface area contributed by atoms with Crippen LogP contribution in [0.25, 0.3) is 22.4 Å². The zero-order valence-electron chi connectivity index (χ0n) is 18.7. The van der Waals surface area contributed by atoms with Gasteiger partial charge in [-0.15, -0.1) is 0 Å². The molecule has 2 aromatic carbocycles. The van der Waals surface area contributed by atoms with E-state index >= 15 is 0 Å². The van der Waals surface area contributed by atoms with Gasteiger partial charge in [0.25, 0.3) is 0 Å². The lowest BCUT2D eigenvalue weighted by molar-refractivity contribution is -0.158.